The molecule has 1 atom stereocenters. The van der Waals surface area contributed by atoms with Crippen molar-refractivity contribution >= 4 is 29.9 Å². The first-order valence-electron chi connectivity index (χ1n) is 10.8. The highest BCUT2D eigenvalue weighted by atomic mass is 127. The number of guanidine groups is 1. The SMILES string of the molecule is CCN1CCCC1CNC(N)=NCC1(CN2CCOCC2)CCCCC1.I. The second-order valence-corrected chi connectivity index (χ2v) is 8.46. The van der Waals surface area contributed by atoms with Gasteiger partial charge < -0.3 is 15.8 Å². The van der Waals surface area contributed by atoms with Crippen molar-refractivity contribution in [1.82, 2.24) is 15.1 Å². The molecule has 0 radical (unpaired) electrons. The lowest BCUT2D eigenvalue weighted by molar-refractivity contribution is 0.00938. The summed E-state index contributed by atoms with van der Waals surface area (Å²) in [4.78, 5) is 9.92. The molecule has 27 heavy (non-hydrogen) atoms. The monoisotopic (exact) mass is 493 g/mol. The number of nitrogens with zero attached hydrogens (tertiary/aromatic N) is 3. The van der Waals surface area contributed by atoms with Crippen molar-refractivity contribution in [3.05, 3.63) is 0 Å². The van der Waals surface area contributed by atoms with Gasteiger partial charge in [-0.3, -0.25) is 14.8 Å². The molecule has 2 heterocycles. The van der Waals surface area contributed by atoms with Crippen LogP contribution in [-0.4, -0.2) is 80.8 Å². The molecule has 1 unspecified atom stereocenters. The molecule has 0 aromatic carbocycles. The molecule has 1 aliphatic carbocycles. The number of hydrogen-bond acceptors (Lipinski definition) is 4. The van der Waals surface area contributed by atoms with Crippen LogP contribution in [0.4, 0.5) is 0 Å². The van der Waals surface area contributed by atoms with E-state index in [0.29, 0.717) is 17.4 Å². The molecule has 0 spiro atoms. The van der Waals surface area contributed by atoms with Gasteiger partial charge in [0.25, 0.3) is 0 Å². The second-order valence-electron chi connectivity index (χ2n) is 8.46. The highest BCUT2D eigenvalue weighted by Gasteiger charge is 2.34. The molecule has 7 heteroatoms. The third-order valence-electron chi connectivity index (χ3n) is 6.59. The minimum Gasteiger partial charge on any atom is -0.379 e. The van der Waals surface area contributed by atoms with E-state index in [1.807, 2.05) is 0 Å². The summed E-state index contributed by atoms with van der Waals surface area (Å²) >= 11 is 0. The Kier molecular flexibility index (Phi) is 10.1. The van der Waals surface area contributed by atoms with Gasteiger partial charge in [0.1, 0.15) is 0 Å². The van der Waals surface area contributed by atoms with Gasteiger partial charge >= 0.3 is 0 Å². The summed E-state index contributed by atoms with van der Waals surface area (Å²) < 4.78 is 5.52. The fraction of sp³-hybridized carbons (Fsp3) is 0.950. The van der Waals surface area contributed by atoms with E-state index in [4.69, 9.17) is 15.5 Å². The van der Waals surface area contributed by atoms with Crippen LogP contribution in [0.25, 0.3) is 0 Å². The van der Waals surface area contributed by atoms with E-state index < -0.39 is 0 Å². The Morgan fingerprint density at radius 1 is 1.15 bits per heavy atom. The molecule has 3 fully saturated rings. The van der Waals surface area contributed by atoms with Crippen LogP contribution in [-0.2, 0) is 4.74 Å². The average Bonchev–Trinajstić information content (AvgIpc) is 3.14. The van der Waals surface area contributed by atoms with Crippen LogP contribution < -0.4 is 11.1 Å². The number of likely N-dealkylation sites (tertiary alicyclic amines) is 1. The van der Waals surface area contributed by atoms with Gasteiger partial charge in [-0.1, -0.05) is 26.2 Å². The van der Waals surface area contributed by atoms with Gasteiger partial charge in [-0.2, -0.15) is 0 Å². The Hall–Kier alpha value is -0.120. The number of nitrogens with one attached hydrogen (secondary N) is 1. The fourth-order valence-corrected chi connectivity index (χ4v) is 4.98. The molecule has 2 saturated heterocycles. The zero-order valence-electron chi connectivity index (χ0n) is 17.1. The van der Waals surface area contributed by atoms with E-state index in [0.717, 1.165) is 52.5 Å². The Labute approximate surface area is 182 Å². The molecule has 158 valence electrons. The van der Waals surface area contributed by atoms with E-state index in [1.54, 1.807) is 0 Å². The largest absolute Gasteiger partial charge is 0.379 e. The van der Waals surface area contributed by atoms with Gasteiger partial charge in [0.05, 0.1) is 13.2 Å². The maximum absolute atomic E-state index is 6.23. The lowest BCUT2D eigenvalue weighted by atomic mass is 9.73. The molecule has 2 aliphatic heterocycles. The van der Waals surface area contributed by atoms with Crippen LogP contribution in [0.3, 0.4) is 0 Å². The lowest BCUT2D eigenvalue weighted by Gasteiger charge is -2.41. The number of likely N-dealkylation sites (N-methyl/N-ethyl adjacent to an activating group) is 1. The van der Waals surface area contributed by atoms with Crippen LogP contribution >= 0.6 is 24.0 Å². The number of nitrogens with two attached hydrogens (primary N) is 1. The molecule has 0 amide bonds. The predicted molar refractivity (Wildman–Crippen MR) is 123 cm³/mol. The van der Waals surface area contributed by atoms with Crippen LogP contribution in [0.5, 0.6) is 0 Å². The van der Waals surface area contributed by atoms with E-state index >= 15 is 0 Å². The van der Waals surface area contributed by atoms with Crippen LogP contribution in [0.2, 0.25) is 0 Å². The zero-order valence-corrected chi connectivity index (χ0v) is 19.5. The molecule has 3 aliphatic rings. The Balaban J connectivity index is 0.00000261. The number of morpholine rings is 1. The summed E-state index contributed by atoms with van der Waals surface area (Å²) in [5, 5.41) is 3.40. The zero-order chi connectivity index (χ0) is 18.2. The van der Waals surface area contributed by atoms with Crippen molar-refractivity contribution in [3.8, 4) is 0 Å². The first-order chi connectivity index (χ1) is 12.7. The maximum Gasteiger partial charge on any atom is 0.188 e. The van der Waals surface area contributed by atoms with Gasteiger partial charge in [-0.15, -0.1) is 24.0 Å². The molecular formula is C20H40IN5O. The molecule has 0 aromatic heterocycles. The van der Waals surface area contributed by atoms with E-state index in [1.165, 1.54) is 51.5 Å². The third kappa shape index (κ3) is 7.01. The number of rotatable bonds is 7. The Bertz CT molecular complexity index is 450. The van der Waals surface area contributed by atoms with E-state index in [9.17, 15) is 0 Å². The number of aliphatic imine (C=N–C) groups is 1. The van der Waals surface area contributed by atoms with Crippen LogP contribution in [0, 0.1) is 5.41 Å². The minimum atomic E-state index is 0. The summed E-state index contributed by atoms with van der Waals surface area (Å²) in [7, 11) is 0. The predicted octanol–water partition coefficient (Wildman–Crippen LogP) is 2.28. The quantitative estimate of drug-likeness (QED) is 0.324. The summed E-state index contributed by atoms with van der Waals surface area (Å²) in [6.07, 6.45) is 9.19. The van der Waals surface area contributed by atoms with Crippen molar-refractivity contribution in [2.24, 2.45) is 16.1 Å². The lowest BCUT2D eigenvalue weighted by Crippen LogP contribution is -2.47. The number of ether oxygens (including phenoxy) is 1. The fourth-order valence-electron chi connectivity index (χ4n) is 4.98. The van der Waals surface area contributed by atoms with Gasteiger partial charge in [0.2, 0.25) is 0 Å². The van der Waals surface area contributed by atoms with Crippen molar-refractivity contribution in [2.75, 3.05) is 59.0 Å². The van der Waals surface area contributed by atoms with E-state index in [2.05, 4.69) is 22.0 Å². The summed E-state index contributed by atoms with van der Waals surface area (Å²) in [5.74, 6) is 0.639. The van der Waals surface area contributed by atoms with Gasteiger partial charge in [0.15, 0.2) is 5.96 Å². The van der Waals surface area contributed by atoms with Gasteiger partial charge in [-0.25, -0.2) is 0 Å². The molecule has 0 bridgehead atoms. The highest BCUT2D eigenvalue weighted by molar-refractivity contribution is 14.0. The highest BCUT2D eigenvalue weighted by Crippen LogP contribution is 2.37. The van der Waals surface area contributed by atoms with Gasteiger partial charge in [-0.05, 0) is 38.8 Å². The van der Waals surface area contributed by atoms with Crippen molar-refractivity contribution in [3.63, 3.8) is 0 Å². The summed E-state index contributed by atoms with van der Waals surface area (Å²) in [5.41, 5.74) is 6.54. The molecular weight excluding hydrogens is 453 g/mol. The molecule has 6 nitrogen and oxygen atoms in total. The number of halogens is 1. The topological polar surface area (TPSA) is 66.1 Å². The summed E-state index contributed by atoms with van der Waals surface area (Å²) in [6, 6.07) is 0.616. The normalized spacial score (nSPS) is 27.3. The average molecular weight is 493 g/mol. The smallest absolute Gasteiger partial charge is 0.188 e. The second kappa shape index (κ2) is 11.8. The summed E-state index contributed by atoms with van der Waals surface area (Å²) in [6.45, 7) is 11.4. The van der Waals surface area contributed by atoms with Crippen LogP contribution in [0.15, 0.2) is 4.99 Å². The van der Waals surface area contributed by atoms with Crippen LogP contribution in [0.1, 0.15) is 51.9 Å². The number of hydrogen-bond donors (Lipinski definition) is 2. The van der Waals surface area contributed by atoms with E-state index in [-0.39, 0.29) is 24.0 Å². The maximum atomic E-state index is 6.23. The Morgan fingerprint density at radius 3 is 2.59 bits per heavy atom. The van der Waals surface area contributed by atoms with Gasteiger partial charge in [0, 0.05) is 44.2 Å². The molecule has 3 N–H and O–H groups in total. The molecule has 1 saturated carbocycles. The van der Waals surface area contributed by atoms with Crippen molar-refractivity contribution in [1.29, 1.82) is 0 Å². The first kappa shape index (κ1) is 23.2. The minimum absolute atomic E-state index is 0. The molecule has 3 rings (SSSR count). The van der Waals surface area contributed by atoms with Crippen molar-refractivity contribution < 1.29 is 4.74 Å². The molecule has 0 aromatic rings. The Morgan fingerprint density at radius 2 is 1.89 bits per heavy atom. The first-order valence-corrected chi connectivity index (χ1v) is 10.8. The third-order valence-corrected chi connectivity index (χ3v) is 6.59. The standard InChI is InChI=1S/C20H39N5O.HI/c1-2-25-10-6-7-18(25)15-22-19(21)23-16-20(8-4-3-5-9-20)17-24-11-13-26-14-12-24;/h18H,2-17H2,1H3,(H3,21,22,23);1H. The van der Waals surface area contributed by atoms with Crippen molar-refractivity contribution in [2.45, 2.75) is 57.9 Å².